The van der Waals surface area contributed by atoms with Gasteiger partial charge in [-0.25, -0.2) is 8.42 Å². The minimum Gasteiger partial charge on any atom is -0.485 e. The van der Waals surface area contributed by atoms with Gasteiger partial charge in [0.15, 0.2) is 12.4 Å². The minimum atomic E-state index is -3.45. The van der Waals surface area contributed by atoms with Gasteiger partial charge in [-0.2, -0.15) is 4.31 Å². The molecule has 28 heavy (non-hydrogen) atoms. The van der Waals surface area contributed by atoms with Crippen LogP contribution in [0.15, 0.2) is 47.4 Å². The quantitative estimate of drug-likeness (QED) is 0.696. The Labute approximate surface area is 166 Å². The number of hydrogen-bond acceptors (Lipinski definition) is 4. The van der Waals surface area contributed by atoms with Crippen molar-refractivity contribution in [2.45, 2.75) is 43.4 Å². The van der Waals surface area contributed by atoms with Gasteiger partial charge in [0.1, 0.15) is 5.75 Å². The summed E-state index contributed by atoms with van der Waals surface area (Å²) in [6, 6.07) is 12.2. The number of carbonyl (C=O) groups excluding carboxylic acids is 1. The van der Waals surface area contributed by atoms with Crippen molar-refractivity contribution in [2.24, 2.45) is 0 Å². The molecule has 1 aliphatic heterocycles. The Morgan fingerprint density at radius 1 is 0.893 bits per heavy atom. The van der Waals surface area contributed by atoms with Crippen LogP contribution in [0.2, 0.25) is 0 Å². The van der Waals surface area contributed by atoms with Crippen LogP contribution in [0, 0.1) is 0 Å². The van der Waals surface area contributed by atoms with E-state index in [-0.39, 0.29) is 17.3 Å². The van der Waals surface area contributed by atoms with E-state index in [1.807, 2.05) is 18.2 Å². The van der Waals surface area contributed by atoms with Crippen molar-refractivity contribution < 1.29 is 17.9 Å². The number of fused-ring (bicyclic) bond motifs is 1. The number of Topliss-reactive ketones (excluding diaryl/α,β-unsaturated/α-hetero) is 1. The van der Waals surface area contributed by atoms with Crippen LogP contribution in [0.5, 0.6) is 5.75 Å². The second-order valence-electron chi connectivity index (χ2n) is 7.49. The summed E-state index contributed by atoms with van der Waals surface area (Å²) in [5, 5.41) is 0. The van der Waals surface area contributed by atoms with Crippen molar-refractivity contribution in [1.29, 1.82) is 0 Å². The van der Waals surface area contributed by atoms with Crippen LogP contribution in [0.3, 0.4) is 0 Å². The topological polar surface area (TPSA) is 63.7 Å². The molecule has 6 heteroatoms. The van der Waals surface area contributed by atoms with Gasteiger partial charge < -0.3 is 4.74 Å². The fourth-order valence-corrected chi connectivity index (χ4v) is 5.46. The lowest BCUT2D eigenvalue weighted by molar-refractivity contribution is 0.0921. The van der Waals surface area contributed by atoms with E-state index in [2.05, 4.69) is 0 Å². The van der Waals surface area contributed by atoms with Gasteiger partial charge in [-0.15, -0.1) is 0 Å². The van der Waals surface area contributed by atoms with Crippen LogP contribution in [0.25, 0.3) is 0 Å². The lowest BCUT2D eigenvalue weighted by Crippen LogP contribution is -2.35. The number of piperidine rings is 1. The molecule has 1 aliphatic carbocycles. The second kappa shape index (κ2) is 8.05. The van der Waals surface area contributed by atoms with E-state index in [0.717, 1.165) is 38.5 Å². The monoisotopic (exact) mass is 399 g/mol. The van der Waals surface area contributed by atoms with Crippen molar-refractivity contribution >= 4 is 15.8 Å². The molecule has 1 heterocycles. The fraction of sp³-hybridized carbons (Fsp3) is 0.409. The van der Waals surface area contributed by atoms with Crippen molar-refractivity contribution in [3.63, 3.8) is 0 Å². The Morgan fingerprint density at radius 3 is 2.36 bits per heavy atom. The highest BCUT2D eigenvalue weighted by Gasteiger charge is 2.25. The summed E-state index contributed by atoms with van der Waals surface area (Å²) in [5.41, 5.74) is 3.27. The zero-order valence-corrected chi connectivity index (χ0v) is 16.7. The van der Waals surface area contributed by atoms with Gasteiger partial charge in [0.2, 0.25) is 10.0 Å². The summed E-state index contributed by atoms with van der Waals surface area (Å²) in [6.45, 7) is 1.10. The number of ketones is 1. The first-order valence-corrected chi connectivity index (χ1v) is 11.4. The van der Waals surface area contributed by atoms with Crippen LogP contribution >= 0.6 is 0 Å². The Hall–Kier alpha value is -2.18. The number of rotatable bonds is 6. The molecule has 1 saturated heterocycles. The van der Waals surface area contributed by atoms with Crippen molar-refractivity contribution in [3.05, 3.63) is 59.2 Å². The minimum absolute atomic E-state index is 0.0585. The van der Waals surface area contributed by atoms with Gasteiger partial charge in [-0.3, -0.25) is 4.79 Å². The molecule has 148 valence electrons. The normalized spacial score (nSPS) is 17.3. The number of sulfonamides is 1. The largest absolute Gasteiger partial charge is 0.485 e. The summed E-state index contributed by atoms with van der Waals surface area (Å²) in [7, 11) is -3.45. The summed E-state index contributed by atoms with van der Waals surface area (Å²) < 4.78 is 32.5. The molecular weight excluding hydrogens is 374 g/mol. The van der Waals surface area contributed by atoms with E-state index < -0.39 is 10.0 Å². The van der Waals surface area contributed by atoms with Crippen molar-refractivity contribution in [1.82, 2.24) is 4.31 Å². The number of nitrogens with zero attached hydrogens (tertiary/aromatic N) is 1. The molecule has 0 atom stereocenters. The third kappa shape index (κ3) is 3.98. The first kappa shape index (κ1) is 19.2. The number of hydrogen-bond donors (Lipinski definition) is 0. The van der Waals surface area contributed by atoms with Crippen LogP contribution in [0.4, 0.5) is 0 Å². The first-order valence-electron chi connectivity index (χ1n) is 9.92. The lowest BCUT2D eigenvalue weighted by atomic mass is 10.0. The van der Waals surface area contributed by atoms with Gasteiger partial charge in [0.25, 0.3) is 0 Å². The highest BCUT2D eigenvalue weighted by molar-refractivity contribution is 7.89. The second-order valence-corrected chi connectivity index (χ2v) is 9.42. The maximum absolute atomic E-state index is 12.7. The van der Waals surface area contributed by atoms with Gasteiger partial charge in [0.05, 0.1) is 4.90 Å². The van der Waals surface area contributed by atoms with Gasteiger partial charge in [-0.1, -0.05) is 18.6 Å². The highest BCUT2D eigenvalue weighted by atomic mass is 32.2. The molecule has 0 radical (unpaired) electrons. The molecule has 0 aromatic heterocycles. The molecule has 2 aromatic rings. The zero-order chi connectivity index (χ0) is 19.6. The Kier molecular flexibility index (Phi) is 5.51. The Bertz CT molecular complexity index is 961. The smallest absolute Gasteiger partial charge is 0.243 e. The molecule has 0 unspecified atom stereocenters. The molecule has 0 spiro atoms. The van der Waals surface area contributed by atoms with E-state index in [4.69, 9.17) is 4.74 Å². The Morgan fingerprint density at radius 2 is 1.61 bits per heavy atom. The third-order valence-corrected chi connectivity index (χ3v) is 7.48. The molecule has 2 aliphatic rings. The molecule has 0 bridgehead atoms. The molecule has 0 amide bonds. The Balaban J connectivity index is 1.38. The van der Waals surface area contributed by atoms with Gasteiger partial charge in [0, 0.05) is 18.7 Å². The first-order chi connectivity index (χ1) is 13.5. The van der Waals surface area contributed by atoms with E-state index in [1.54, 1.807) is 28.6 Å². The van der Waals surface area contributed by atoms with Gasteiger partial charge in [-0.05, 0) is 73.6 Å². The number of carbonyl (C=O) groups is 1. The molecule has 4 rings (SSSR count). The van der Waals surface area contributed by atoms with E-state index in [1.165, 1.54) is 11.1 Å². The van der Waals surface area contributed by atoms with Crippen LogP contribution < -0.4 is 4.74 Å². The maximum Gasteiger partial charge on any atom is 0.243 e. The molecule has 0 saturated carbocycles. The van der Waals surface area contributed by atoms with Gasteiger partial charge >= 0.3 is 0 Å². The average molecular weight is 400 g/mol. The van der Waals surface area contributed by atoms with E-state index in [9.17, 15) is 13.2 Å². The predicted octanol–water partition coefficient (Wildman–Crippen LogP) is 3.61. The van der Waals surface area contributed by atoms with Crippen LogP contribution in [0.1, 0.15) is 47.2 Å². The molecule has 5 nitrogen and oxygen atoms in total. The van der Waals surface area contributed by atoms with E-state index in [0.29, 0.717) is 24.4 Å². The zero-order valence-electron chi connectivity index (χ0n) is 15.9. The molecular formula is C22H25NO4S. The highest BCUT2D eigenvalue weighted by Crippen LogP contribution is 2.24. The standard InChI is InChI=1S/C22H25NO4S/c24-22(19-8-7-17-5-4-6-18(17)15-19)16-27-20-9-11-21(12-10-20)28(25,26)23-13-2-1-3-14-23/h7-12,15H,1-6,13-14,16H2. The summed E-state index contributed by atoms with van der Waals surface area (Å²) in [5.74, 6) is 0.423. The van der Waals surface area contributed by atoms with Crippen LogP contribution in [-0.2, 0) is 22.9 Å². The molecule has 0 N–H and O–H groups in total. The number of aryl methyl sites for hydroxylation is 2. The third-order valence-electron chi connectivity index (χ3n) is 5.57. The van der Waals surface area contributed by atoms with Crippen molar-refractivity contribution in [2.75, 3.05) is 19.7 Å². The summed E-state index contributed by atoms with van der Waals surface area (Å²) in [4.78, 5) is 12.7. The number of ether oxygens (including phenoxy) is 1. The summed E-state index contributed by atoms with van der Waals surface area (Å²) >= 11 is 0. The number of benzene rings is 2. The predicted molar refractivity (Wildman–Crippen MR) is 107 cm³/mol. The SMILES string of the molecule is O=C(COc1ccc(S(=O)(=O)N2CCCCC2)cc1)c1ccc2c(c1)CCC2. The van der Waals surface area contributed by atoms with Crippen LogP contribution in [-0.4, -0.2) is 38.2 Å². The molecule has 2 aromatic carbocycles. The molecule has 1 fully saturated rings. The fourth-order valence-electron chi connectivity index (χ4n) is 3.94. The lowest BCUT2D eigenvalue weighted by Gasteiger charge is -2.25. The maximum atomic E-state index is 12.7. The van der Waals surface area contributed by atoms with E-state index >= 15 is 0 Å². The summed E-state index contributed by atoms with van der Waals surface area (Å²) in [6.07, 6.45) is 6.17. The van der Waals surface area contributed by atoms with Crippen molar-refractivity contribution in [3.8, 4) is 5.75 Å². The average Bonchev–Trinajstić information content (AvgIpc) is 3.21.